The molecule has 2 atom stereocenters. The maximum atomic E-state index is 11.9. The monoisotopic (exact) mass is 211 g/mol. The second-order valence-corrected chi connectivity index (χ2v) is 4.59. The molecule has 2 saturated heterocycles. The van der Waals surface area contributed by atoms with Gasteiger partial charge in [-0.2, -0.15) is 0 Å². The van der Waals surface area contributed by atoms with E-state index in [1.807, 2.05) is 0 Å². The first-order chi connectivity index (χ1) is 7.18. The Kier molecular flexibility index (Phi) is 1.73. The molecule has 15 heavy (non-hydrogen) atoms. The Morgan fingerprint density at radius 2 is 1.80 bits per heavy atom. The van der Waals surface area contributed by atoms with Crippen molar-refractivity contribution in [2.45, 2.75) is 43.4 Å². The smallest absolute Gasteiger partial charge is 0.259 e. The highest BCUT2D eigenvalue weighted by molar-refractivity contribution is 6.03. The second-order valence-electron chi connectivity index (χ2n) is 4.59. The Labute approximate surface area is 87.0 Å². The van der Waals surface area contributed by atoms with E-state index in [1.165, 1.54) is 4.90 Å². The number of nitrogens with zero attached hydrogens (tertiary/aromatic N) is 1. The highest BCUT2D eigenvalue weighted by atomic mass is 16.5. The molecular weight excluding hydrogens is 198 g/mol. The Morgan fingerprint density at radius 3 is 2.20 bits per heavy atom. The predicted molar refractivity (Wildman–Crippen MR) is 48.8 cm³/mol. The zero-order valence-corrected chi connectivity index (χ0v) is 8.31. The second kappa shape index (κ2) is 2.80. The van der Waals surface area contributed by atoms with Crippen molar-refractivity contribution in [2.24, 2.45) is 0 Å². The number of imide groups is 1. The first-order valence-corrected chi connectivity index (χ1v) is 5.32. The minimum Gasteiger partial charge on any atom is -0.394 e. The van der Waals surface area contributed by atoms with E-state index in [9.17, 15) is 14.7 Å². The molecule has 2 aliphatic heterocycles. The molecule has 1 N–H and O–H groups in total. The van der Waals surface area contributed by atoms with Gasteiger partial charge < -0.3 is 9.84 Å². The summed E-state index contributed by atoms with van der Waals surface area (Å²) in [6, 6.07) is 0. The van der Waals surface area contributed by atoms with E-state index in [4.69, 9.17) is 4.74 Å². The molecule has 5 nitrogen and oxygen atoms in total. The number of likely N-dealkylation sites (tertiary alicyclic amines) is 1. The molecule has 0 aromatic rings. The van der Waals surface area contributed by atoms with Crippen LogP contribution in [0.15, 0.2) is 0 Å². The van der Waals surface area contributed by atoms with Crippen molar-refractivity contribution in [3.63, 3.8) is 0 Å². The van der Waals surface area contributed by atoms with Crippen LogP contribution in [-0.2, 0) is 14.3 Å². The Morgan fingerprint density at radius 1 is 1.27 bits per heavy atom. The van der Waals surface area contributed by atoms with Crippen LogP contribution in [0, 0.1) is 0 Å². The van der Waals surface area contributed by atoms with Crippen molar-refractivity contribution in [3.05, 3.63) is 0 Å². The lowest BCUT2D eigenvalue weighted by Crippen LogP contribution is -2.58. The summed E-state index contributed by atoms with van der Waals surface area (Å²) >= 11 is 0. The third-order valence-electron chi connectivity index (χ3n) is 3.61. The van der Waals surface area contributed by atoms with E-state index in [-0.39, 0.29) is 18.4 Å². The van der Waals surface area contributed by atoms with Crippen LogP contribution in [0.5, 0.6) is 0 Å². The normalized spacial score (nSPS) is 37.3. The lowest BCUT2D eigenvalue weighted by molar-refractivity contribution is -0.173. The number of ether oxygens (including phenoxy) is 1. The molecule has 3 rings (SSSR count). The van der Waals surface area contributed by atoms with Gasteiger partial charge in [0.05, 0.1) is 12.1 Å². The van der Waals surface area contributed by atoms with Crippen LogP contribution < -0.4 is 0 Å². The molecule has 2 unspecified atom stereocenters. The van der Waals surface area contributed by atoms with E-state index < -0.39 is 17.7 Å². The van der Waals surface area contributed by atoms with Gasteiger partial charge in [-0.1, -0.05) is 0 Å². The minimum absolute atomic E-state index is 0.121. The molecule has 1 saturated carbocycles. The van der Waals surface area contributed by atoms with Gasteiger partial charge in [-0.3, -0.25) is 14.5 Å². The van der Waals surface area contributed by atoms with Gasteiger partial charge >= 0.3 is 0 Å². The van der Waals surface area contributed by atoms with Gasteiger partial charge in [0.2, 0.25) is 0 Å². The molecule has 0 aromatic carbocycles. The van der Waals surface area contributed by atoms with Gasteiger partial charge in [0, 0.05) is 0 Å². The molecule has 3 aliphatic rings. The summed E-state index contributed by atoms with van der Waals surface area (Å²) in [7, 11) is 0. The third-order valence-corrected chi connectivity index (χ3v) is 3.61. The fraction of sp³-hybridized carbons (Fsp3) is 0.800. The fourth-order valence-corrected chi connectivity index (χ4v) is 2.46. The van der Waals surface area contributed by atoms with Gasteiger partial charge in [0.15, 0.2) is 0 Å². The van der Waals surface area contributed by atoms with E-state index in [1.54, 1.807) is 0 Å². The van der Waals surface area contributed by atoms with Gasteiger partial charge in [-0.15, -0.1) is 0 Å². The van der Waals surface area contributed by atoms with Crippen LogP contribution >= 0.6 is 0 Å². The van der Waals surface area contributed by atoms with Crippen LogP contribution in [0.25, 0.3) is 0 Å². The quantitative estimate of drug-likeness (QED) is 0.621. The number of carbonyl (C=O) groups excluding carboxylic acids is 2. The van der Waals surface area contributed by atoms with Crippen molar-refractivity contribution in [1.82, 2.24) is 4.90 Å². The van der Waals surface area contributed by atoms with E-state index in [2.05, 4.69) is 0 Å². The van der Waals surface area contributed by atoms with E-state index in [0.29, 0.717) is 12.8 Å². The molecular formula is C10H13NO4. The number of aliphatic hydroxyl groups excluding tert-OH is 1. The molecule has 2 bridgehead atoms. The van der Waals surface area contributed by atoms with Gasteiger partial charge in [-0.05, 0) is 25.7 Å². The first kappa shape index (κ1) is 9.30. The fourth-order valence-electron chi connectivity index (χ4n) is 2.46. The zero-order valence-electron chi connectivity index (χ0n) is 8.31. The number of rotatable bonds is 2. The number of morpholine rings is 1. The van der Waals surface area contributed by atoms with Crippen molar-refractivity contribution in [1.29, 1.82) is 0 Å². The predicted octanol–water partition coefficient (Wildman–Crippen LogP) is -0.572. The zero-order chi connectivity index (χ0) is 10.6. The van der Waals surface area contributed by atoms with Crippen molar-refractivity contribution in [2.75, 3.05) is 6.61 Å². The average molecular weight is 211 g/mol. The van der Waals surface area contributed by atoms with Gasteiger partial charge in [0.25, 0.3) is 11.8 Å². The number of carbonyl (C=O) groups is 2. The highest BCUT2D eigenvalue weighted by Gasteiger charge is 2.59. The summed E-state index contributed by atoms with van der Waals surface area (Å²) in [5.74, 6) is -0.499. The standard InChI is InChI=1S/C10H13NO4/c12-5-10(3-4-10)11-8(13)6-1-2-7(15-6)9(11)14/h6-7,12H,1-5H2. The van der Waals surface area contributed by atoms with E-state index in [0.717, 1.165) is 12.8 Å². The maximum absolute atomic E-state index is 11.9. The van der Waals surface area contributed by atoms with Crippen LogP contribution in [0.1, 0.15) is 25.7 Å². The molecule has 82 valence electrons. The Bertz CT molecular complexity index is 314. The summed E-state index contributed by atoms with van der Waals surface area (Å²) in [4.78, 5) is 25.1. The van der Waals surface area contributed by atoms with Crippen molar-refractivity contribution < 1.29 is 19.4 Å². The summed E-state index contributed by atoms with van der Waals surface area (Å²) in [6.07, 6.45) is 1.81. The maximum Gasteiger partial charge on any atom is 0.259 e. The summed E-state index contributed by atoms with van der Waals surface area (Å²) in [6.45, 7) is -0.121. The summed E-state index contributed by atoms with van der Waals surface area (Å²) in [5, 5.41) is 9.25. The lowest BCUT2D eigenvalue weighted by Gasteiger charge is -2.35. The number of amides is 2. The van der Waals surface area contributed by atoms with E-state index >= 15 is 0 Å². The van der Waals surface area contributed by atoms with Crippen LogP contribution in [-0.4, -0.2) is 46.2 Å². The van der Waals surface area contributed by atoms with Gasteiger partial charge in [-0.25, -0.2) is 0 Å². The summed E-state index contributed by atoms with van der Waals surface area (Å²) < 4.78 is 5.30. The van der Waals surface area contributed by atoms with Crippen LogP contribution in [0.2, 0.25) is 0 Å². The van der Waals surface area contributed by atoms with Crippen LogP contribution in [0.4, 0.5) is 0 Å². The number of fused-ring (bicyclic) bond motifs is 2. The number of hydrogen-bond donors (Lipinski definition) is 1. The van der Waals surface area contributed by atoms with Crippen LogP contribution in [0.3, 0.4) is 0 Å². The summed E-state index contributed by atoms with van der Waals surface area (Å²) in [5.41, 5.74) is -0.585. The van der Waals surface area contributed by atoms with Crippen molar-refractivity contribution >= 4 is 11.8 Å². The number of hydrogen-bond acceptors (Lipinski definition) is 4. The largest absolute Gasteiger partial charge is 0.394 e. The highest BCUT2D eigenvalue weighted by Crippen LogP contribution is 2.45. The molecule has 2 heterocycles. The molecule has 2 amide bonds. The van der Waals surface area contributed by atoms with Gasteiger partial charge in [0.1, 0.15) is 12.2 Å². The molecule has 5 heteroatoms. The van der Waals surface area contributed by atoms with Crippen molar-refractivity contribution in [3.8, 4) is 0 Å². The Hall–Kier alpha value is -0.940. The molecule has 0 spiro atoms. The third kappa shape index (κ3) is 1.10. The SMILES string of the molecule is O=C1C2CCC(O2)C(=O)N1C1(CO)CC1. The Balaban J connectivity index is 1.94. The topological polar surface area (TPSA) is 66.8 Å². The first-order valence-electron chi connectivity index (χ1n) is 5.32. The minimum atomic E-state index is -0.585. The number of aliphatic hydroxyl groups is 1. The molecule has 1 aliphatic carbocycles. The average Bonchev–Trinajstić information content (AvgIpc) is 2.88. The molecule has 0 aromatic heterocycles. The lowest BCUT2D eigenvalue weighted by atomic mass is 10.1. The molecule has 0 radical (unpaired) electrons. The molecule has 3 fully saturated rings.